The van der Waals surface area contributed by atoms with Crippen molar-refractivity contribution in [1.29, 1.82) is 0 Å². The minimum absolute atomic E-state index is 0.453. The van der Waals surface area contributed by atoms with Gasteiger partial charge in [-0.25, -0.2) is 4.79 Å². The summed E-state index contributed by atoms with van der Waals surface area (Å²) in [7, 11) is 0. The lowest BCUT2D eigenvalue weighted by molar-refractivity contribution is -0.123. The van der Waals surface area contributed by atoms with E-state index in [9.17, 15) is 14.7 Å². The van der Waals surface area contributed by atoms with Gasteiger partial charge in [-0.3, -0.25) is 4.79 Å². The smallest absolute Gasteiger partial charge is 0.405 e. The van der Waals surface area contributed by atoms with Gasteiger partial charge in [0.1, 0.15) is 11.3 Å². The molecule has 1 unspecified atom stereocenters. The van der Waals surface area contributed by atoms with Crippen LogP contribution in [0, 0.1) is 0 Å². The number of aliphatic hydroxyl groups is 1. The number of rotatable bonds is 9. The Hall–Kier alpha value is -3.55. The van der Waals surface area contributed by atoms with Gasteiger partial charge >= 0.3 is 6.09 Å². The molecule has 0 saturated carbocycles. The Kier molecular flexibility index (Phi) is 7.92. The molecule has 0 spiro atoms. The SMILES string of the molecule is CC(CO)(NC(=O)O)C(=O)Nc1ccc(OCCc2ccc(-c3ccccc3Cl)cc2)cc1. The van der Waals surface area contributed by atoms with Gasteiger partial charge in [0.2, 0.25) is 0 Å². The molecule has 3 rings (SSSR count). The van der Waals surface area contributed by atoms with Crippen molar-refractivity contribution < 1.29 is 24.5 Å². The van der Waals surface area contributed by atoms with Crippen molar-refractivity contribution >= 4 is 29.3 Å². The lowest BCUT2D eigenvalue weighted by Gasteiger charge is -2.25. The molecule has 4 N–H and O–H groups in total. The van der Waals surface area contributed by atoms with Gasteiger partial charge in [0.15, 0.2) is 0 Å². The van der Waals surface area contributed by atoms with E-state index in [0.29, 0.717) is 23.1 Å². The van der Waals surface area contributed by atoms with E-state index in [0.717, 1.165) is 23.1 Å². The van der Waals surface area contributed by atoms with Crippen LogP contribution in [0.4, 0.5) is 10.5 Å². The maximum atomic E-state index is 12.3. The summed E-state index contributed by atoms with van der Waals surface area (Å²) < 4.78 is 5.78. The van der Waals surface area contributed by atoms with E-state index in [1.807, 2.05) is 53.8 Å². The van der Waals surface area contributed by atoms with Crippen LogP contribution in [0.15, 0.2) is 72.8 Å². The summed E-state index contributed by atoms with van der Waals surface area (Å²) in [6.45, 7) is 1.10. The molecule has 1 atom stereocenters. The van der Waals surface area contributed by atoms with Gasteiger partial charge in [-0.2, -0.15) is 0 Å². The molecule has 33 heavy (non-hydrogen) atoms. The molecule has 172 valence electrons. The molecule has 8 heteroatoms. The third-order valence-corrected chi connectivity index (χ3v) is 5.44. The largest absolute Gasteiger partial charge is 0.493 e. The highest BCUT2D eigenvalue weighted by molar-refractivity contribution is 6.33. The normalized spacial score (nSPS) is 12.5. The maximum absolute atomic E-state index is 12.3. The van der Waals surface area contributed by atoms with E-state index in [-0.39, 0.29) is 0 Å². The average molecular weight is 469 g/mol. The van der Waals surface area contributed by atoms with Crippen LogP contribution >= 0.6 is 11.6 Å². The highest BCUT2D eigenvalue weighted by Crippen LogP contribution is 2.27. The lowest BCUT2D eigenvalue weighted by Crippen LogP contribution is -2.56. The summed E-state index contributed by atoms with van der Waals surface area (Å²) in [5.74, 6) is -0.0319. The summed E-state index contributed by atoms with van der Waals surface area (Å²) in [5.41, 5.74) is 1.98. The third kappa shape index (κ3) is 6.47. The van der Waals surface area contributed by atoms with E-state index < -0.39 is 24.1 Å². The molecule has 0 aromatic heterocycles. The average Bonchev–Trinajstić information content (AvgIpc) is 2.80. The van der Waals surface area contributed by atoms with Gasteiger partial charge in [-0.05, 0) is 48.4 Å². The summed E-state index contributed by atoms with van der Waals surface area (Å²) in [6, 6.07) is 22.6. The fraction of sp³-hybridized carbons (Fsp3) is 0.200. The van der Waals surface area contributed by atoms with Crippen molar-refractivity contribution in [2.75, 3.05) is 18.5 Å². The fourth-order valence-corrected chi connectivity index (χ4v) is 3.39. The molecule has 0 aliphatic heterocycles. The first-order valence-corrected chi connectivity index (χ1v) is 10.7. The number of nitrogens with one attached hydrogen (secondary N) is 2. The number of anilines is 1. The van der Waals surface area contributed by atoms with Crippen LogP contribution in [-0.2, 0) is 11.2 Å². The highest BCUT2D eigenvalue weighted by Gasteiger charge is 2.34. The number of carbonyl (C=O) groups excluding carboxylic acids is 1. The first-order chi connectivity index (χ1) is 15.8. The van der Waals surface area contributed by atoms with Crippen LogP contribution in [0.2, 0.25) is 5.02 Å². The first-order valence-electron chi connectivity index (χ1n) is 10.3. The molecule has 3 aromatic rings. The number of hydrogen-bond acceptors (Lipinski definition) is 4. The summed E-state index contributed by atoms with van der Waals surface area (Å²) in [6.07, 6.45) is -0.680. The van der Waals surface area contributed by atoms with Gasteiger partial charge in [0.25, 0.3) is 5.91 Å². The van der Waals surface area contributed by atoms with E-state index in [4.69, 9.17) is 21.4 Å². The number of halogens is 1. The topological polar surface area (TPSA) is 108 Å². The van der Waals surface area contributed by atoms with Crippen LogP contribution in [0.3, 0.4) is 0 Å². The molecule has 0 bridgehead atoms. The van der Waals surface area contributed by atoms with Crippen LogP contribution in [0.5, 0.6) is 5.75 Å². The Balaban J connectivity index is 1.51. The van der Waals surface area contributed by atoms with Crippen molar-refractivity contribution in [1.82, 2.24) is 5.32 Å². The quantitative estimate of drug-likeness (QED) is 0.367. The Bertz CT molecular complexity index is 1100. The van der Waals surface area contributed by atoms with Crippen LogP contribution < -0.4 is 15.4 Å². The van der Waals surface area contributed by atoms with E-state index in [1.165, 1.54) is 6.92 Å². The number of amides is 2. The zero-order valence-corrected chi connectivity index (χ0v) is 18.8. The van der Waals surface area contributed by atoms with Crippen molar-refractivity contribution in [3.8, 4) is 16.9 Å². The number of aliphatic hydroxyl groups excluding tert-OH is 1. The molecule has 0 heterocycles. The number of benzene rings is 3. The van der Waals surface area contributed by atoms with E-state index >= 15 is 0 Å². The van der Waals surface area contributed by atoms with E-state index in [1.54, 1.807) is 24.3 Å². The van der Waals surface area contributed by atoms with Gasteiger partial charge in [-0.1, -0.05) is 54.1 Å². The zero-order valence-electron chi connectivity index (χ0n) is 18.0. The van der Waals surface area contributed by atoms with Crippen molar-refractivity contribution in [2.45, 2.75) is 18.9 Å². The number of carbonyl (C=O) groups is 2. The molecule has 0 saturated heterocycles. The molecular weight excluding hydrogens is 444 g/mol. The predicted octanol–water partition coefficient (Wildman–Crippen LogP) is 4.59. The summed E-state index contributed by atoms with van der Waals surface area (Å²) in [4.78, 5) is 23.2. The van der Waals surface area contributed by atoms with Gasteiger partial charge in [0, 0.05) is 22.7 Å². The number of carboxylic acid groups (broad SMARTS) is 1. The number of hydrogen-bond donors (Lipinski definition) is 4. The second kappa shape index (κ2) is 10.8. The summed E-state index contributed by atoms with van der Waals surface area (Å²) >= 11 is 6.26. The Morgan fingerprint density at radius 1 is 1.00 bits per heavy atom. The number of ether oxygens (including phenoxy) is 1. The molecule has 7 nitrogen and oxygen atoms in total. The first kappa shape index (κ1) is 24.1. The van der Waals surface area contributed by atoms with Crippen molar-refractivity contribution in [3.63, 3.8) is 0 Å². The minimum Gasteiger partial charge on any atom is -0.493 e. The van der Waals surface area contributed by atoms with Crippen LogP contribution in [-0.4, -0.2) is 41.0 Å². The lowest BCUT2D eigenvalue weighted by atomic mass is 10.0. The predicted molar refractivity (Wildman–Crippen MR) is 128 cm³/mol. The monoisotopic (exact) mass is 468 g/mol. The second-order valence-electron chi connectivity index (χ2n) is 7.67. The maximum Gasteiger partial charge on any atom is 0.405 e. The molecule has 0 aliphatic rings. The molecule has 3 aromatic carbocycles. The van der Waals surface area contributed by atoms with Gasteiger partial charge < -0.3 is 25.6 Å². The van der Waals surface area contributed by atoms with Crippen molar-refractivity contribution in [3.05, 3.63) is 83.4 Å². The Morgan fingerprint density at radius 2 is 1.67 bits per heavy atom. The van der Waals surface area contributed by atoms with E-state index in [2.05, 4.69) is 5.32 Å². The molecular formula is C25H25ClN2O5. The molecule has 0 radical (unpaired) electrons. The van der Waals surface area contributed by atoms with Crippen molar-refractivity contribution in [2.24, 2.45) is 0 Å². The standard InChI is InChI=1S/C25H25ClN2O5/c1-25(16-29,28-24(31)32)23(30)27-19-10-12-20(13-11-19)33-15-14-17-6-8-18(9-7-17)21-4-2-3-5-22(21)26/h2-13,28-29H,14-16H2,1H3,(H,27,30)(H,31,32). The van der Waals surface area contributed by atoms with Gasteiger partial charge in [0.05, 0.1) is 13.2 Å². The molecule has 2 amide bonds. The van der Waals surface area contributed by atoms with Crippen LogP contribution in [0.1, 0.15) is 12.5 Å². The van der Waals surface area contributed by atoms with Gasteiger partial charge in [-0.15, -0.1) is 0 Å². The van der Waals surface area contributed by atoms with Crippen LogP contribution in [0.25, 0.3) is 11.1 Å². The molecule has 0 fully saturated rings. The highest BCUT2D eigenvalue weighted by atomic mass is 35.5. The second-order valence-corrected chi connectivity index (χ2v) is 8.08. The minimum atomic E-state index is -1.65. The Morgan fingerprint density at radius 3 is 2.27 bits per heavy atom. The fourth-order valence-electron chi connectivity index (χ4n) is 3.14. The third-order valence-electron chi connectivity index (χ3n) is 5.11. The Labute approximate surface area is 197 Å². The molecule has 0 aliphatic carbocycles. The zero-order chi connectivity index (χ0) is 23.8. The summed E-state index contributed by atoms with van der Waals surface area (Å²) in [5, 5.41) is 23.6.